The van der Waals surface area contributed by atoms with Gasteiger partial charge in [-0.05, 0) is 32.1 Å². The monoisotopic (exact) mass is 252 g/mol. The van der Waals surface area contributed by atoms with Gasteiger partial charge in [-0.25, -0.2) is 0 Å². The zero-order valence-corrected chi connectivity index (χ0v) is 10.6. The highest BCUT2D eigenvalue weighted by molar-refractivity contribution is 5.95. The van der Waals surface area contributed by atoms with E-state index < -0.39 is 0 Å². The van der Waals surface area contributed by atoms with Crippen LogP contribution in [0.15, 0.2) is 0 Å². The third-order valence-corrected chi connectivity index (χ3v) is 4.19. The van der Waals surface area contributed by atoms with Crippen LogP contribution in [0.5, 0.6) is 0 Å². The van der Waals surface area contributed by atoms with Crippen molar-refractivity contribution in [1.82, 2.24) is 9.80 Å². The number of carbonyl (C=O) groups excluding carboxylic acids is 2. The molecule has 0 bridgehead atoms. The number of ether oxygens (including phenoxy) is 1. The van der Waals surface area contributed by atoms with E-state index in [9.17, 15) is 9.59 Å². The molecule has 0 N–H and O–H groups in total. The minimum absolute atomic E-state index is 0.109. The number of amides is 2. The maximum absolute atomic E-state index is 12.4. The van der Waals surface area contributed by atoms with Crippen LogP contribution in [0.25, 0.3) is 0 Å². The second-order valence-corrected chi connectivity index (χ2v) is 5.45. The number of carbonyl (C=O) groups is 2. The Morgan fingerprint density at radius 2 is 2.06 bits per heavy atom. The largest absolute Gasteiger partial charge is 0.376 e. The van der Waals surface area contributed by atoms with Crippen LogP contribution in [0.2, 0.25) is 0 Å². The first-order chi connectivity index (χ1) is 8.75. The standard InChI is InChI=1S/C13H20N2O3/c16-12-9-14(8-10-4-3-7-18-10)13(17)11-5-1-2-6-15(11)12/h10-11H,1-9H2. The Hall–Kier alpha value is -1.10. The smallest absolute Gasteiger partial charge is 0.245 e. The summed E-state index contributed by atoms with van der Waals surface area (Å²) < 4.78 is 5.56. The van der Waals surface area contributed by atoms with E-state index in [0.717, 1.165) is 45.3 Å². The summed E-state index contributed by atoms with van der Waals surface area (Å²) in [5.74, 6) is 0.238. The average molecular weight is 252 g/mol. The van der Waals surface area contributed by atoms with Gasteiger partial charge in [-0.2, -0.15) is 0 Å². The molecule has 0 radical (unpaired) electrons. The van der Waals surface area contributed by atoms with E-state index in [1.54, 1.807) is 9.80 Å². The van der Waals surface area contributed by atoms with Crippen LogP contribution >= 0.6 is 0 Å². The first kappa shape index (κ1) is 12.0. The number of hydrogen-bond acceptors (Lipinski definition) is 3. The molecule has 3 aliphatic rings. The molecular weight excluding hydrogens is 232 g/mol. The third-order valence-electron chi connectivity index (χ3n) is 4.19. The van der Waals surface area contributed by atoms with Gasteiger partial charge in [0.05, 0.1) is 12.6 Å². The Morgan fingerprint density at radius 3 is 2.83 bits per heavy atom. The number of rotatable bonds is 2. The summed E-state index contributed by atoms with van der Waals surface area (Å²) >= 11 is 0. The number of piperidine rings is 1. The quantitative estimate of drug-likeness (QED) is 0.714. The van der Waals surface area contributed by atoms with Crippen LogP contribution in [0, 0.1) is 0 Å². The van der Waals surface area contributed by atoms with Gasteiger partial charge in [0.25, 0.3) is 0 Å². The van der Waals surface area contributed by atoms with Crippen molar-refractivity contribution in [3.63, 3.8) is 0 Å². The van der Waals surface area contributed by atoms with E-state index >= 15 is 0 Å². The summed E-state index contributed by atoms with van der Waals surface area (Å²) in [6.45, 7) is 2.38. The fourth-order valence-corrected chi connectivity index (χ4v) is 3.22. The predicted molar refractivity (Wildman–Crippen MR) is 64.9 cm³/mol. The Labute approximate surface area is 107 Å². The molecule has 0 saturated carbocycles. The Bertz CT molecular complexity index is 352. The Kier molecular flexibility index (Phi) is 3.24. The molecule has 3 saturated heterocycles. The molecule has 2 unspecified atom stereocenters. The number of nitrogens with zero attached hydrogens (tertiary/aromatic N) is 2. The maximum Gasteiger partial charge on any atom is 0.245 e. The molecule has 3 aliphatic heterocycles. The van der Waals surface area contributed by atoms with Crippen LogP contribution in [-0.4, -0.2) is 60.0 Å². The molecule has 18 heavy (non-hydrogen) atoms. The van der Waals surface area contributed by atoms with E-state index in [1.165, 1.54) is 0 Å². The van der Waals surface area contributed by atoms with Crippen LogP contribution < -0.4 is 0 Å². The highest BCUT2D eigenvalue weighted by atomic mass is 16.5. The van der Waals surface area contributed by atoms with E-state index in [2.05, 4.69) is 0 Å². The molecule has 0 aliphatic carbocycles. The summed E-state index contributed by atoms with van der Waals surface area (Å²) in [7, 11) is 0. The lowest BCUT2D eigenvalue weighted by molar-refractivity contribution is -0.159. The highest BCUT2D eigenvalue weighted by Gasteiger charge is 2.41. The summed E-state index contributed by atoms with van der Waals surface area (Å²) in [5.41, 5.74) is 0. The van der Waals surface area contributed by atoms with Crippen LogP contribution in [0.1, 0.15) is 32.1 Å². The topological polar surface area (TPSA) is 49.9 Å². The van der Waals surface area contributed by atoms with Gasteiger partial charge in [0.2, 0.25) is 11.8 Å². The first-order valence-corrected chi connectivity index (χ1v) is 6.95. The van der Waals surface area contributed by atoms with Crippen molar-refractivity contribution in [2.45, 2.75) is 44.2 Å². The van der Waals surface area contributed by atoms with Crippen molar-refractivity contribution in [2.24, 2.45) is 0 Å². The van der Waals surface area contributed by atoms with Gasteiger partial charge in [-0.3, -0.25) is 9.59 Å². The summed E-state index contributed by atoms with van der Waals surface area (Å²) in [6.07, 6.45) is 5.11. The van der Waals surface area contributed by atoms with Gasteiger partial charge in [0, 0.05) is 19.7 Å². The number of hydrogen-bond donors (Lipinski definition) is 0. The molecule has 0 aromatic heterocycles. The van der Waals surface area contributed by atoms with E-state index in [0.29, 0.717) is 6.54 Å². The summed E-state index contributed by atoms with van der Waals surface area (Å²) in [6, 6.07) is -0.193. The van der Waals surface area contributed by atoms with Gasteiger partial charge in [-0.15, -0.1) is 0 Å². The maximum atomic E-state index is 12.4. The lowest BCUT2D eigenvalue weighted by atomic mass is 9.98. The van der Waals surface area contributed by atoms with Gasteiger partial charge in [0.15, 0.2) is 0 Å². The third kappa shape index (κ3) is 2.11. The zero-order chi connectivity index (χ0) is 12.5. The molecule has 5 heteroatoms. The SMILES string of the molecule is O=C1C2CCCCN2C(=O)CN1CC1CCCO1. The molecule has 0 spiro atoms. The lowest BCUT2D eigenvalue weighted by Gasteiger charge is -2.43. The number of fused-ring (bicyclic) bond motifs is 1. The van der Waals surface area contributed by atoms with Crippen molar-refractivity contribution in [3.05, 3.63) is 0 Å². The minimum atomic E-state index is -0.193. The van der Waals surface area contributed by atoms with Gasteiger partial charge in [-0.1, -0.05) is 0 Å². The first-order valence-electron chi connectivity index (χ1n) is 6.95. The second kappa shape index (κ2) is 4.88. The molecule has 3 heterocycles. The van der Waals surface area contributed by atoms with Crippen LogP contribution in [0.3, 0.4) is 0 Å². The molecular formula is C13H20N2O3. The Balaban J connectivity index is 1.68. The fourth-order valence-electron chi connectivity index (χ4n) is 3.22. The fraction of sp³-hybridized carbons (Fsp3) is 0.846. The lowest BCUT2D eigenvalue weighted by Crippen LogP contribution is -2.62. The zero-order valence-electron chi connectivity index (χ0n) is 10.6. The van der Waals surface area contributed by atoms with E-state index in [1.807, 2.05) is 0 Å². The van der Waals surface area contributed by atoms with Crippen molar-refractivity contribution >= 4 is 11.8 Å². The second-order valence-electron chi connectivity index (χ2n) is 5.45. The highest BCUT2D eigenvalue weighted by Crippen LogP contribution is 2.24. The van der Waals surface area contributed by atoms with E-state index in [-0.39, 0.29) is 30.5 Å². The van der Waals surface area contributed by atoms with Crippen molar-refractivity contribution < 1.29 is 14.3 Å². The molecule has 100 valence electrons. The van der Waals surface area contributed by atoms with Crippen LogP contribution in [0.4, 0.5) is 0 Å². The van der Waals surface area contributed by atoms with Crippen LogP contribution in [-0.2, 0) is 14.3 Å². The van der Waals surface area contributed by atoms with Crippen molar-refractivity contribution in [1.29, 1.82) is 0 Å². The predicted octanol–water partition coefficient (Wildman–Crippen LogP) is 0.389. The summed E-state index contributed by atoms with van der Waals surface area (Å²) in [5, 5.41) is 0. The van der Waals surface area contributed by atoms with E-state index in [4.69, 9.17) is 4.74 Å². The average Bonchev–Trinajstić information content (AvgIpc) is 2.89. The molecule has 3 rings (SSSR count). The van der Waals surface area contributed by atoms with Crippen molar-refractivity contribution in [2.75, 3.05) is 26.2 Å². The molecule has 3 fully saturated rings. The molecule has 0 aromatic carbocycles. The number of piperazine rings is 1. The van der Waals surface area contributed by atoms with Gasteiger partial charge < -0.3 is 14.5 Å². The van der Waals surface area contributed by atoms with Crippen molar-refractivity contribution in [3.8, 4) is 0 Å². The normalized spacial score (nSPS) is 32.9. The summed E-state index contributed by atoms with van der Waals surface area (Å²) in [4.78, 5) is 27.9. The minimum Gasteiger partial charge on any atom is -0.376 e. The van der Waals surface area contributed by atoms with Gasteiger partial charge >= 0.3 is 0 Å². The molecule has 5 nitrogen and oxygen atoms in total. The molecule has 0 aromatic rings. The van der Waals surface area contributed by atoms with Gasteiger partial charge in [0.1, 0.15) is 6.04 Å². The Morgan fingerprint density at radius 1 is 1.17 bits per heavy atom. The molecule has 2 atom stereocenters. The molecule has 2 amide bonds.